The molecule has 0 spiro atoms. The van der Waals surface area contributed by atoms with E-state index >= 15 is 0 Å². The van der Waals surface area contributed by atoms with Crippen molar-refractivity contribution in [2.45, 2.75) is 26.2 Å². The predicted octanol–water partition coefficient (Wildman–Crippen LogP) is 4.78. The molecule has 2 N–H and O–H groups in total. The summed E-state index contributed by atoms with van der Waals surface area (Å²) in [5.41, 5.74) is 2.33. The van der Waals surface area contributed by atoms with Gasteiger partial charge in [0.05, 0.1) is 5.69 Å². The number of halogens is 1. The van der Waals surface area contributed by atoms with Crippen LogP contribution in [-0.2, 0) is 19.7 Å². The molecule has 36 heavy (non-hydrogen) atoms. The maximum absolute atomic E-state index is 12.9. The third-order valence-corrected chi connectivity index (χ3v) is 5.54. The van der Waals surface area contributed by atoms with Crippen LogP contribution in [-0.4, -0.2) is 36.7 Å². The fourth-order valence-electron chi connectivity index (χ4n) is 3.32. The summed E-state index contributed by atoms with van der Waals surface area (Å²) < 4.78 is 4.96. The SMILES string of the molecule is CC(C)(C)c1ccc(C(=O)NCC(=O)OCC(=O)Nc2ccc(Cl)cc2C(=O)c2ccccc2)cc1. The van der Waals surface area contributed by atoms with E-state index in [-0.39, 0.29) is 22.4 Å². The monoisotopic (exact) mass is 506 g/mol. The smallest absolute Gasteiger partial charge is 0.325 e. The Labute approximate surface area is 214 Å². The third kappa shape index (κ3) is 7.26. The quantitative estimate of drug-likeness (QED) is 0.338. The number of amides is 2. The van der Waals surface area contributed by atoms with Crippen LogP contribution >= 0.6 is 11.6 Å². The molecule has 0 aromatic heterocycles. The van der Waals surface area contributed by atoms with Gasteiger partial charge < -0.3 is 15.4 Å². The Hall–Kier alpha value is -3.97. The van der Waals surface area contributed by atoms with E-state index in [0.29, 0.717) is 16.1 Å². The van der Waals surface area contributed by atoms with E-state index in [1.54, 1.807) is 42.5 Å². The number of anilines is 1. The Morgan fingerprint density at radius 2 is 1.53 bits per heavy atom. The number of hydrogen-bond acceptors (Lipinski definition) is 5. The number of esters is 1. The van der Waals surface area contributed by atoms with Crippen molar-refractivity contribution >= 4 is 40.9 Å². The van der Waals surface area contributed by atoms with Gasteiger partial charge in [-0.15, -0.1) is 0 Å². The lowest BCUT2D eigenvalue weighted by Gasteiger charge is -2.19. The minimum Gasteiger partial charge on any atom is -0.454 e. The number of carbonyl (C=O) groups excluding carboxylic acids is 4. The molecule has 0 radical (unpaired) electrons. The minimum absolute atomic E-state index is 0.0407. The largest absolute Gasteiger partial charge is 0.454 e. The van der Waals surface area contributed by atoms with Crippen molar-refractivity contribution in [3.8, 4) is 0 Å². The molecule has 7 nitrogen and oxygen atoms in total. The molecule has 0 aliphatic carbocycles. The molecule has 2 amide bonds. The number of carbonyl (C=O) groups is 4. The molecule has 0 fully saturated rings. The Morgan fingerprint density at radius 3 is 2.17 bits per heavy atom. The summed E-state index contributed by atoms with van der Waals surface area (Å²) in [6.45, 7) is 5.23. The van der Waals surface area contributed by atoms with Crippen LogP contribution in [0, 0.1) is 0 Å². The average Bonchev–Trinajstić information content (AvgIpc) is 2.86. The summed E-state index contributed by atoms with van der Waals surface area (Å²) in [4.78, 5) is 49.6. The standard InChI is InChI=1S/C28H27ClN2O5/c1-28(2,3)20-11-9-19(10-12-20)27(35)30-16-25(33)36-17-24(32)31-23-14-13-21(29)15-22(23)26(34)18-7-5-4-6-8-18/h4-15H,16-17H2,1-3H3,(H,30,35)(H,31,32). The summed E-state index contributed by atoms with van der Waals surface area (Å²) in [5.74, 6) is -2.16. The molecule has 3 aromatic carbocycles. The minimum atomic E-state index is -0.776. The lowest BCUT2D eigenvalue weighted by atomic mass is 9.87. The highest BCUT2D eigenvalue weighted by molar-refractivity contribution is 6.31. The van der Waals surface area contributed by atoms with E-state index in [4.69, 9.17) is 16.3 Å². The number of hydrogen-bond donors (Lipinski definition) is 2. The molecule has 0 aliphatic rings. The summed E-state index contributed by atoms with van der Waals surface area (Å²) in [5, 5.41) is 5.38. The van der Waals surface area contributed by atoms with Crippen LogP contribution in [0.2, 0.25) is 5.02 Å². The number of ether oxygens (including phenoxy) is 1. The summed E-state index contributed by atoms with van der Waals surface area (Å²) in [6.07, 6.45) is 0. The van der Waals surface area contributed by atoms with Crippen molar-refractivity contribution in [2.24, 2.45) is 0 Å². The zero-order valence-corrected chi connectivity index (χ0v) is 21.0. The lowest BCUT2D eigenvalue weighted by Crippen LogP contribution is -2.32. The molecule has 0 heterocycles. The van der Waals surface area contributed by atoms with E-state index in [1.165, 1.54) is 18.2 Å². The predicted molar refractivity (Wildman–Crippen MR) is 138 cm³/mol. The third-order valence-electron chi connectivity index (χ3n) is 5.31. The molecule has 0 atom stereocenters. The van der Waals surface area contributed by atoms with E-state index in [1.807, 2.05) is 12.1 Å². The molecule has 186 valence electrons. The van der Waals surface area contributed by atoms with E-state index in [2.05, 4.69) is 31.4 Å². The lowest BCUT2D eigenvalue weighted by molar-refractivity contribution is -0.146. The Kier molecular flexibility index (Phi) is 8.61. The summed E-state index contributed by atoms with van der Waals surface area (Å²) >= 11 is 6.05. The fourth-order valence-corrected chi connectivity index (χ4v) is 3.49. The molecule has 8 heteroatoms. The molecular formula is C28H27ClN2O5. The molecule has 3 rings (SSSR count). The van der Waals surface area contributed by atoms with Gasteiger partial charge >= 0.3 is 5.97 Å². The van der Waals surface area contributed by atoms with Crippen molar-refractivity contribution in [2.75, 3.05) is 18.5 Å². The zero-order valence-electron chi connectivity index (χ0n) is 20.3. The van der Waals surface area contributed by atoms with Crippen molar-refractivity contribution in [3.63, 3.8) is 0 Å². The molecule has 0 unspecified atom stereocenters. The van der Waals surface area contributed by atoms with Crippen LogP contribution in [0.5, 0.6) is 0 Å². The number of rotatable bonds is 8. The van der Waals surface area contributed by atoms with Gasteiger partial charge in [0.15, 0.2) is 12.4 Å². The van der Waals surface area contributed by atoms with Crippen LogP contribution in [0.3, 0.4) is 0 Å². The Balaban J connectivity index is 1.52. The molecular weight excluding hydrogens is 480 g/mol. The molecule has 0 saturated carbocycles. The van der Waals surface area contributed by atoms with Gasteiger partial charge in [0, 0.05) is 21.7 Å². The second kappa shape index (κ2) is 11.6. The van der Waals surface area contributed by atoms with E-state index in [9.17, 15) is 19.2 Å². The van der Waals surface area contributed by atoms with Crippen molar-refractivity contribution < 1.29 is 23.9 Å². The highest BCUT2D eigenvalue weighted by Crippen LogP contribution is 2.24. The van der Waals surface area contributed by atoms with Crippen LogP contribution in [0.1, 0.15) is 52.6 Å². The van der Waals surface area contributed by atoms with Crippen LogP contribution in [0.15, 0.2) is 72.8 Å². The molecule has 3 aromatic rings. The molecule has 0 bridgehead atoms. The van der Waals surface area contributed by atoms with Gasteiger partial charge in [-0.25, -0.2) is 0 Å². The second-order valence-electron chi connectivity index (χ2n) is 9.10. The maximum atomic E-state index is 12.9. The van der Waals surface area contributed by atoms with Gasteiger partial charge in [-0.05, 0) is 41.3 Å². The second-order valence-corrected chi connectivity index (χ2v) is 9.54. The topological polar surface area (TPSA) is 102 Å². The van der Waals surface area contributed by atoms with Gasteiger partial charge in [-0.2, -0.15) is 0 Å². The van der Waals surface area contributed by atoms with Crippen molar-refractivity contribution in [1.82, 2.24) is 5.32 Å². The first-order valence-corrected chi connectivity index (χ1v) is 11.7. The highest BCUT2D eigenvalue weighted by atomic mass is 35.5. The van der Waals surface area contributed by atoms with Gasteiger partial charge in [0.2, 0.25) is 0 Å². The zero-order chi connectivity index (χ0) is 26.3. The molecule has 0 aliphatic heterocycles. The van der Waals surface area contributed by atoms with Crippen LogP contribution in [0.25, 0.3) is 0 Å². The molecule has 0 saturated heterocycles. The average molecular weight is 507 g/mol. The van der Waals surface area contributed by atoms with Crippen LogP contribution in [0.4, 0.5) is 5.69 Å². The highest BCUT2D eigenvalue weighted by Gasteiger charge is 2.18. The normalized spacial score (nSPS) is 10.9. The number of benzene rings is 3. The fraction of sp³-hybridized carbons (Fsp3) is 0.214. The first-order valence-electron chi connectivity index (χ1n) is 11.3. The van der Waals surface area contributed by atoms with Crippen molar-refractivity contribution in [3.05, 3.63) is 100 Å². The number of nitrogens with one attached hydrogen (secondary N) is 2. The van der Waals surface area contributed by atoms with E-state index in [0.717, 1.165) is 5.56 Å². The Morgan fingerprint density at radius 1 is 0.861 bits per heavy atom. The van der Waals surface area contributed by atoms with Crippen LogP contribution < -0.4 is 10.6 Å². The summed E-state index contributed by atoms with van der Waals surface area (Å²) in [6, 6.07) is 20.2. The van der Waals surface area contributed by atoms with Gasteiger partial charge in [-0.3, -0.25) is 19.2 Å². The Bertz CT molecular complexity index is 1270. The van der Waals surface area contributed by atoms with Crippen molar-refractivity contribution in [1.29, 1.82) is 0 Å². The van der Waals surface area contributed by atoms with Gasteiger partial charge in [0.25, 0.3) is 11.8 Å². The van der Waals surface area contributed by atoms with E-state index < -0.39 is 30.9 Å². The number of ketones is 1. The van der Waals surface area contributed by atoms with Gasteiger partial charge in [0.1, 0.15) is 6.54 Å². The summed E-state index contributed by atoms with van der Waals surface area (Å²) in [7, 11) is 0. The first-order chi connectivity index (χ1) is 17.0. The first kappa shape index (κ1) is 26.6. The van der Waals surface area contributed by atoms with Gasteiger partial charge in [-0.1, -0.05) is 74.8 Å². The maximum Gasteiger partial charge on any atom is 0.325 e.